The summed E-state index contributed by atoms with van der Waals surface area (Å²) >= 11 is 9.03. The molecule has 1 aromatic rings. The molecule has 28 heavy (non-hydrogen) atoms. The maximum absolute atomic E-state index is 14.5. The highest BCUT2D eigenvalue weighted by atomic mass is 32.3. The van der Waals surface area contributed by atoms with Crippen LogP contribution in [-0.2, 0) is 0 Å². The number of allylic oxidation sites excluding steroid dienone is 2. The normalized spacial score (nSPS) is 19.3. The second-order valence-corrected chi connectivity index (χ2v) is 13.1. The number of halogens is 2. The van der Waals surface area contributed by atoms with Gasteiger partial charge in [0.15, 0.2) is 11.6 Å². The highest BCUT2D eigenvalue weighted by Gasteiger charge is 2.35. The van der Waals surface area contributed by atoms with Gasteiger partial charge in [0.25, 0.3) is 0 Å². The summed E-state index contributed by atoms with van der Waals surface area (Å²) in [4.78, 5) is 3.49. The third-order valence-electron chi connectivity index (χ3n) is 4.20. The fourth-order valence-electron chi connectivity index (χ4n) is 2.50. The topological polar surface area (TPSA) is 50.9 Å². The minimum atomic E-state index is -0.980. The van der Waals surface area contributed by atoms with Crippen molar-refractivity contribution in [3.8, 4) is 0 Å². The fourth-order valence-corrected chi connectivity index (χ4v) is 11.4. The lowest BCUT2D eigenvalue weighted by Gasteiger charge is -2.16. The lowest BCUT2D eigenvalue weighted by molar-refractivity contribution is 0.508. The van der Waals surface area contributed by atoms with Gasteiger partial charge in [0.2, 0.25) is 0 Å². The van der Waals surface area contributed by atoms with Gasteiger partial charge in [-0.3, -0.25) is 0 Å². The summed E-state index contributed by atoms with van der Waals surface area (Å²) in [5.74, 6) is -1.88. The molecule has 0 aliphatic carbocycles. The first-order valence-electron chi connectivity index (χ1n) is 7.88. The lowest BCUT2D eigenvalue weighted by atomic mass is 10.3. The molecular formula is C17H13F2N3S6. The van der Waals surface area contributed by atoms with Gasteiger partial charge in [-0.15, -0.1) is 11.3 Å². The Hall–Kier alpha value is -0.590. The molecule has 0 saturated carbocycles. The van der Waals surface area contributed by atoms with Gasteiger partial charge in [0, 0.05) is 35.7 Å². The Bertz CT molecular complexity index is 1110. The Morgan fingerprint density at radius 2 is 1.43 bits per heavy atom. The first-order chi connectivity index (χ1) is 13.3. The van der Waals surface area contributed by atoms with E-state index >= 15 is 0 Å². The second kappa shape index (κ2) is 7.92. The predicted molar refractivity (Wildman–Crippen MR) is 126 cm³/mol. The van der Waals surface area contributed by atoms with Crippen LogP contribution in [0.15, 0.2) is 28.3 Å². The molecule has 0 atom stereocenters. The Kier molecular flexibility index (Phi) is 5.85. The minimum absolute atomic E-state index is 0.00220. The molecule has 0 aromatic carbocycles. The Labute approximate surface area is 185 Å². The average Bonchev–Trinajstić information content (AvgIpc) is 3.38. The van der Waals surface area contributed by atoms with Crippen LogP contribution < -0.4 is 9.06 Å². The van der Waals surface area contributed by atoms with Crippen LogP contribution >= 0.6 is 70.1 Å². The SMILES string of the molecule is CC1=C(C)N(C)C(=C2SC3=C(S2)SC(=c2sc(=C(C=N)C=N)c(F)c2F)S3)S1. The fraction of sp³-hybridized carbons (Fsp3) is 0.176. The summed E-state index contributed by atoms with van der Waals surface area (Å²) in [6, 6.07) is 0. The van der Waals surface area contributed by atoms with E-state index in [1.54, 1.807) is 35.3 Å². The largest absolute Gasteiger partial charge is 0.341 e. The molecule has 3 nitrogen and oxygen atoms in total. The Morgan fingerprint density at radius 3 is 1.93 bits per heavy atom. The molecule has 4 heterocycles. The van der Waals surface area contributed by atoms with Gasteiger partial charge >= 0.3 is 0 Å². The first kappa shape index (κ1) is 20.7. The highest BCUT2D eigenvalue weighted by molar-refractivity contribution is 8.52. The van der Waals surface area contributed by atoms with E-state index in [1.807, 2.05) is 0 Å². The van der Waals surface area contributed by atoms with Crippen molar-refractivity contribution in [2.45, 2.75) is 13.8 Å². The van der Waals surface area contributed by atoms with Gasteiger partial charge in [-0.25, -0.2) is 8.78 Å². The van der Waals surface area contributed by atoms with E-state index < -0.39 is 11.6 Å². The molecule has 2 N–H and O–H groups in total. The van der Waals surface area contributed by atoms with Crippen LogP contribution in [0.1, 0.15) is 13.8 Å². The van der Waals surface area contributed by atoms with Gasteiger partial charge in [0.05, 0.1) is 26.0 Å². The third kappa shape index (κ3) is 3.33. The Balaban J connectivity index is 1.66. The van der Waals surface area contributed by atoms with Gasteiger partial charge in [0.1, 0.15) is 5.03 Å². The van der Waals surface area contributed by atoms with Crippen LogP contribution in [0.3, 0.4) is 0 Å². The van der Waals surface area contributed by atoms with E-state index in [-0.39, 0.29) is 14.6 Å². The van der Waals surface area contributed by atoms with Crippen molar-refractivity contribution in [3.05, 3.63) is 49.0 Å². The Morgan fingerprint density at radius 1 is 0.857 bits per heavy atom. The van der Waals surface area contributed by atoms with E-state index in [1.165, 1.54) is 43.4 Å². The zero-order valence-corrected chi connectivity index (χ0v) is 19.7. The summed E-state index contributed by atoms with van der Waals surface area (Å²) < 4.78 is 33.2. The van der Waals surface area contributed by atoms with E-state index in [9.17, 15) is 8.78 Å². The molecule has 11 heteroatoms. The quantitative estimate of drug-likeness (QED) is 0.521. The molecule has 0 saturated heterocycles. The third-order valence-corrected chi connectivity index (χ3v) is 12.8. The van der Waals surface area contributed by atoms with Crippen molar-refractivity contribution in [2.75, 3.05) is 7.05 Å². The van der Waals surface area contributed by atoms with Crippen LogP contribution in [0.25, 0.3) is 9.81 Å². The molecule has 4 rings (SSSR count). The number of thiophene rings is 1. The lowest BCUT2D eigenvalue weighted by Crippen LogP contribution is -2.09. The van der Waals surface area contributed by atoms with Crippen molar-refractivity contribution >= 4 is 92.4 Å². The van der Waals surface area contributed by atoms with Gasteiger partial charge in [-0.1, -0.05) is 58.8 Å². The zero-order valence-electron chi connectivity index (χ0n) is 14.8. The number of hydrogen-bond acceptors (Lipinski definition) is 9. The van der Waals surface area contributed by atoms with Crippen LogP contribution in [0.4, 0.5) is 8.78 Å². The summed E-state index contributed by atoms with van der Waals surface area (Å²) in [5, 5.41) is 15.8. The monoisotopic (exact) mass is 489 g/mol. The molecule has 3 aliphatic heterocycles. The molecule has 0 fully saturated rings. The predicted octanol–water partition coefficient (Wildman–Crippen LogP) is 5.69. The molecule has 0 bridgehead atoms. The van der Waals surface area contributed by atoms with E-state index in [0.717, 1.165) is 32.2 Å². The summed E-state index contributed by atoms with van der Waals surface area (Å²) in [6.07, 6.45) is 1.75. The number of nitrogens with zero attached hydrogens (tertiary/aromatic N) is 1. The number of thioether (sulfide) groups is 5. The van der Waals surface area contributed by atoms with Crippen molar-refractivity contribution in [1.82, 2.24) is 4.90 Å². The smallest absolute Gasteiger partial charge is 0.179 e. The van der Waals surface area contributed by atoms with E-state index in [4.69, 9.17) is 10.8 Å². The molecule has 3 aliphatic rings. The molecule has 0 amide bonds. The molecular weight excluding hydrogens is 477 g/mol. The maximum Gasteiger partial charge on any atom is 0.179 e. The molecule has 1 aromatic heterocycles. The standard InChI is InChI=1S/C17H13F2N3S6/c1-6-7(2)23-13(22(6)3)15-27-16-17(28-15)26-14(25-16)12-10(19)9(18)11(24-12)8(4-20)5-21/h4-5,20-21H,1-3H3. The number of rotatable bonds is 2. The van der Waals surface area contributed by atoms with E-state index in [2.05, 4.69) is 25.8 Å². The van der Waals surface area contributed by atoms with Gasteiger partial charge < -0.3 is 15.7 Å². The highest BCUT2D eigenvalue weighted by Crippen LogP contribution is 2.68. The first-order valence-corrected chi connectivity index (χ1v) is 12.8. The summed E-state index contributed by atoms with van der Waals surface area (Å²) in [5.41, 5.74) is 1.32. The van der Waals surface area contributed by atoms with Crippen LogP contribution in [0.5, 0.6) is 0 Å². The second-order valence-electron chi connectivity index (χ2n) is 5.80. The van der Waals surface area contributed by atoms with E-state index in [0.29, 0.717) is 4.24 Å². The average molecular weight is 490 g/mol. The molecule has 0 spiro atoms. The van der Waals surface area contributed by atoms with Gasteiger partial charge in [-0.2, -0.15) is 0 Å². The van der Waals surface area contributed by atoms with Crippen LogP contribution in [0.2, 0.25) is 0 Å². The summed E-state index contributed by atoms with van der Waals surface area (Å²) in [7, 11) is 2.07. The van der Waals surface area contributed by atoms with Gasteiger partial charge in [-0.05, 0) is 13.8 Å². The van der Waals surface area contributed by atoms with Crippen LogP contribution in [0, 0.1) is 22.5 Å². The van der Waals surface area contributed by atoms with Crippen molar-refractivity contribution in [1.29, 1.82) is 10.8 Å². The van der Waals surface area contributed by atoms with Crippen molar-refractivity contribution < 1.29 is 8.78 Å². The number of hydrogen-bond donors (Lipinski definition) is 2. The van der Waals surface area contributed by atoms with Crippen molar-refractivity contribution in [2.24, 2.45) is 0 Å². The molecule has 146 valence electrons. The molecule has 0 unspecified atom stereocenters. The zero-order chi connectivity index (χ0) is 20.2. The number of nitrogens with one attached hydrogen (secondary N) is 2. The minimum Gasteiger partial charge on any atom is -0.341 e. The summed E-state index contributed by atoms with van der Waals surface area (Å²) in [6.45, 7) is 4.22. The van der Waals surface area contributed by atoms with Crippen molar-refractivity contribution in [3.63, 3.8) is 0 Å². The molecule has 0 radical (unpaired) electrons. The maximum atomic E-state index is 14.5. The van der Waals surface area contributed by atoms with Crippen LogP contribution in [-0.4, -0.2) is 24.4 Å².